The number of aliphatic imine (C=N–C) groups is 1. The second-order valence-corrected chi connectivity index (χ2v) is 5.92. The summed E-state index contributed by atoms with van der Waals surface area (Å²) in [6, 6.07) is 12.9. The molecule has 3 rings (SSSR count). The zero-order chi connectivity index (χ0) is 18.7. The maximum Gasteiger partial charge on any atom is 0.271 e. The predicted molar refractivity (Wildman–Crippen MR) is 98.1 cm³/mol. The Morgan fingerprint density at radius 1 is 1.31 bits per heavy atom. The Bertz CT molecular complexity index is 1070. The van der Waals surface area contributed by atoms with E-state index in [-0.39, 0.29) is 18.0 Å². The molecule has 2 heterocycles. The second-order valence-electron chi connectivity index (χ2n) is 5.92. The minimum Gasteiger partial charge on any atom is -0.494 e. The summed E-state index contributed by atoms with van der Waals surface area (Å²) in [5.74, 6) is 0.246. The molecule has 3 aromatic rings. The Hall–Kier alpha value is -3.59. The van der Waals surface area contributed by atoms with Crippen molar-refractivity contribution in [1.82, 2.24) is 4.57 Å². The van der Waals surface area contributed by atoms with Crippen LogP contribution in [-0.4, -0.2) is 15.9 Å². The molecule has 0 bridgehead atoms. The highest BCUT2D eigenvalue weighted by Crippen LogP contribution is 2.22. The van der Waals surface area contributed by atoms with Gasteiger partial charge >= 0.3 is 0 Å². The first-order valence-corrected chi connectivity index (χ1v) is 8.01. The van der Waals surface area contributed by atoms with E-state index in [9.17, 15) is 15.2 Å². The highest BCUT2D eigenvalue weighted by Gasteiger charge is 2.18. The fourth-order valence-electron chi connectivity index (χ4n) is 2.68. The van der Waals surface area contributed by atoms with Crippen LogP contribution in [0.2, 0.25) is 0 Å². The van der Waals surface area contributed by atoms with E-state index in [4.69, 9.17) is 4.42 Å². The molecule has 0 spiro atoms. The molecule has 2 aromatic heterocycles. The third kappa shape index (κ3) is 3.28. The molecule has 0 unspecified atom stereocenters. The summed E-state index contributed by atoms with van der Waals surface area (Å²) in [5, 5.41) is 20.0. The number of benzene rings is 1. The minimum atomic E-state index is -0.563. The van der Waals surface area contributed by atoms with Gasteiger partial charge in [0.25, 0.3) is 5.56 Å². The molecule has 26 heavy (non-hydrogen) atoms. The molecule has 1 N–H and O–H groups in total. The molecule has 0 saturated carbocycles. The van der Waals surface area contributed by atoms with Crippen molar-refractivity contribution in [1.29, 1.82) is 5.26 Å². The summed E-state index contributed by atoms with van der Waals surface area (Å²) in [7, 11) is 0. The summed E-state index contributed by atoms with van der Waals surface area (Å²) >= 11 is 0. The van der Waals surface area contributed by atoms with Crippen LogP contribution in [0.4, 0.5) is 5.69 Å². The van der Waals surface area contributed by atoms with Gasteiger partial charge in [-0.2, -0.15) is 5.26 Å². The molecule has 0 fully saturated rings. The predicted octanol–water partition coefficient (Wildman–Crippen LogP) is 3.43. The maximum absolute atomic E-state index is 12.5. The fraction of sp³-hybridized carbons (Fsp3) is 0.150. The average molecular weight is 347 g/mol. The van der Waals surface area contributed by atoms with Gasteiger partial charge in [0.2, 0.25) is 5.88 Å². The molecule has 0 radical (unpaired) electrons. The van der Waals surface area contributed by atoms with Crippen molar-refractivity contribution in [2.75, 3.05) is 0 Å². The summed E-state index contributed by atoms with van der Waals surface area (Å²) < 4.78 is 6.36. The maximum atomic E-state index is 12.5. The molecule has 130 valence electrons. The highest BCUT2D eigenvalue weighted by atomic mass is 16.3. The Labute approximate surface area is 150 Å². The molecule has 0 amide bonds. The Balaban J connectivity index is 2.12. The van der Waals surface area contributed by atoms with E-state index in [1.807, 2.05) is 37.3 Å². The molecule has 0 atom stereocenters. The van der Waals surface area contributed by atoms with Crippen molar-refractivity contribution >= 4 is 11.9 Å². The first-order valence-electron chi connectivity index (χ1n) is 8.01. The third-order valence-corrected chi connectivity index (χ3v) is 4.08. The van der Waals surface area contributed by atoms with Gasteiger partial charge in [-0.15, -0.1) is 0 Å². The van der Waals surface area contributed by atoms with Gasteiger partial charge in [-0.05, 0) is 49.2 Å². The van der Waals surface area contributed by atoms with Crippen molar-refractivity contribution in [3.8, 4) is 11.9 Å². The van der Waals surface area contributed by atoms with Crippen LogP contribution in [0.1, 0.15) is 28.0 Å². The molecule has 0 saturated heterocycles. The quantitative estimate of drug-likeness (QED) is 0.732. The van der Waals surface area contributed by atoms with Crippen LogP contribution >= 0.6 is 0 Å². The van der Waals surface area contributed by atoms with E-state index in [0.29, 0.717) is 22.6 Å². The van der Waals surface area contributed by atoms with E-state index < -0.39 is 5.56 Å². The first kappa shape index (κ1) is 17.2. The van der Waals surface area contributed by atoms with Crippen LogP contribution in [0.25, 0.3) is 0 Å². The lowest BCUT2D eigenvalue weighted by Crippen LogP contribution is -2.25. The average Bonchev–Trinajstić information content (AvgIpc) is 3.12. The monoisotopic (exact) mass is 347 g/mol. The van der Waals surface area contributed by atoms with Gasteiger partial charge in [0.05, 0.1) is 24.1 Å². The second kappa shape index (κ2) is 7.11. The van der Waals surface area contributed by atoms with Crippen molar-refractivity contribution < 1.29 is 9.52 Å². The number of aromatic nitrogens is 1. The summed E-state index contributed by atoms with van der Waals surface area (Å²) in [4.78, 5) is 16.9. The number of nitrogens with zero attached hydrogens (tertiary/aromatic N) is 3. The molecular formula is C20H17N3O3. The zero-order valence-electron chi connectivity index (χ0n) is 14.4. The number of pyridine rings is 1. The third-order valence-electron chi connectivity index (χ3n) is 4.08. The lowest BCUT2D eigenvalue weighted by molar-refractivity contribution is 0.397. The van der Waals surface area contributed by atoms with Gasteiger partial charge in [-0.1, -0.05) is 12.1 Å². The first-order chi connectivity index (χ1) is 12.5. The van der Waals surface area contributed by atoms with E-state index in [1.54, 1.807) is 19.1 Å². The van der Waals surface area contributed by atoms with E-state index in [0.717, 1.165) is 10.1 Å². The number of hydrogen-bond donors (Lipinski definition) is 1. The summed E-state index contributed by atoms with van der Waals surface area (Å²) in [6.07, 6.45) is 2.95. The molecule has 0 aliphatic heterocycles. The van der Waals surface area contributed by atoms with Gasteiger partial charge in [0.1, 0.15) is 17.4 Å². The van der Waals surface area contributed by atoms with Gasteiger partial charge in [-0.3, -0.25) is 14.4 Å². The number of furan rings is 1. The normalized spacial score (nSPS) is 11.0. The molecule has 1 aromatic carbocycles. The number of aromatic hydroxyl groups is 1. The van der Waals surface area contributed by atoms with Gasteiger partial charge in [0, 0.05) is 6.21 Å². The van der Waals surface area contributed by atoms with E-state index in [1.165, 1.54) is 12.5 Å². The van der Waals surface area contributed by atoms with Gasteiger partial charge < -0.3 is 9.52 Å². The SMILES string of the molecule is Cc1cccc(N=Cc2c(C)c(C#N)c(=O)n(Cc3ccco3)c2O)c1. The minimum absolute atomic E-state index is 0.0257. The van der Waals surface area contributed by atoms with Crippen LogP contribution in [0.15, 0.2) is 56.9 Å². The van der Waals surface area contributed by atoms with Crippen molar-refractivity contribution in [2.45, 2.75) is 20.4 Å². The van der Waals surface area contributed by atoms with Crippen molar-refractivity contribution in [3.63, 3.8) is 0 Å². The Kier molecular flexibility index (Phi) is 4.72. The van der Waals surface area contributed by atoms with Crippen LogP contribution < -0.4 is 5.56 Å². The van der Waals surface area contributed by atoms with E-state index >= 15 is 0 Å². The highest BCUT2D eigenvalue weighted by molar-refractivity contribution is 5.87. The largest absolute Gasteiger partial charge is 0.494 e. The van der Waals surface area contributed by atoms with Crippen LogP contribution in [-0.2, 0) is 6.54 Å². The number of rotatable bonds is 4. The van der Waals surface area contributed by atoms with Crippen LogP contribution in [0.3, 0.4) is 0 Å². The smallest absolute Gasteiger partial charge is 0.271 e. The fourth-order valence-corrected chi connectivity index (χ4v) is 2.68. The lowest BCUT2D eigenvalue weighted by atomic mass is 10.1. The van der Waals surface area contributed by atoms with Gasteiger partial charge in [0.15, 0.2) is 0 Å². The summed E-state index contributed by atoms with van der Waals surface area (Å²) in [6.45, 7) is 3.60. The number of hydrogen-bond acceptors (Lipinski definition) is 5. The Morgan fingerprint density at radius 3 is 2.77 bits per heavy atom. The van der Waals surface area contributed by atoms with Crippen molar-refractivity contribution in [2.24, 2.45) is 4.99 Å². The number of nitriles is 1. The molecule has 0 aliphatic carbocycles. The topological polar surface area (TPSA) is 91.5 Å². The lowest BCUT2D eigenvalue weighted by Gasteiger charge is -2.13. The Morgan fingerprint density at radius 2 is 2.12 bits per heavy atom. The molecule has 6 nitrogen and oxygen atoms in total. The van der Waals surface area contributed by atoms with Crippen LogP contribution in [0, 0.1) is 25.2 Å². The molecule has 0 aliphatic rings. The van der Waals surface area contributed by atoms with Crippen molar-refractivity contribution in [3.05, 3.63) is 81.0 Å². The van der Waals surface area contributed by atoms with E-state index in [2.05, 4.69) is 4.99 Å². The zero-order valence-corrected chi connectivity index (χ0v) is 14.4. The van der Waals surface area contributed by atoms with Crippen LogP contribution in [0.5, 0.6) is 5.88 Å². The standard InChI is InChI=1S/C20H17N3O3/c1-13-5-3-6-15(9-13)22-11-18-14(2)17(10-21)19(24)23(20(18)25)12-16-7-4-8-26-16/h3-9,11,25H,12H2,1-2H3. The number of aryl methyl sites for hydroxylation is 1. The molecular weight excluding hydrogens is 330 g/mol. The van der Waals surface area contributed by atoms with Gasteiger partial charge in [-0.25, -0.2) is 0 Å². The summed E-state index contributed by atoms with van der Waals surface area (Å²) in [5.41, 5.74) is 1.90. The molecule has 6 heteroatoms.